The van der Waals surface area contributed by atoms with Gasteiger partial charge in [0, 0.05) is 18.0 Å². The summed E-state index contributed by atoms with van der Waals surface area (Å²) in [5, 5.41) is 4.67. The van der Waals surface area contributed by atoms with E-state index >= 15 is 0 Å². The lowest BCUT2D eigenvalue weighted by molar-refractivity contribution is 0.414. The van der Waals surface area contributed by atoms with Crippen LogP contribution in [-0.2, 0) is 0 Å². The van der Waals surface area contributed by atoms with Gasteiger partial charge in [0.15, 0.2) is 0 Å². The van der Waals surface area contributed by atoms with Gasteiger partial charge in [0.1, 0.15) is 5.75 Å². The zero-order chi connectivity index (χ0) is 18.5. The second-order valence-corrected chi connectivity index (χ2v) is 6.06. The van der Waals surface area contributed by atoms with Gasteiger partial charge in [-0.1, -0.05) is 42.5 Å². The average molecular weight is 353 g/mol. The van der Waals surface area contributed by atoms with E-state index in [-0.39, 0.29) is 0 Å². The number of hydrogen-bond acceptors (Lipinski definition) is 3. The molecule has 4 nitrogen and oxygen atoms in total. The molecule has 4 aromatic rings. The molecule has 0 amide bonds. The Morgan fingerprint density at radius 3 is 2.30 bits per heavy atom. The minimum absolute atomic E-state index is 0.832. The summed E-state index contributed by atoms with van der Waals surface area (Å²) in [5.74, 6) is 0.832. The number of aromatic nitrogens is 2. The van der Waals surface area contributed by atoms with E-state index in [2.05, 4.69) is 22.2 Å². The van der Waals surface area contributed by atoms with E-state index in [4.69, 9.17) is 4.74 Å². The molecule has 0 aliphatic rings. The van der Waals surface area contributed by atoms with Crippen LogP contribution in [0.15, 0.2) is 96.1 Å². The first kappa shape index (κ1) is 16.8. The highest BCUT2D eigenvalue weighted by Crippen LogP contribution is 2.20. The summed E-state index contributed by atoms with van der Waals surface area (Å²) in [4.78, 5) is 4.48. The maximum Gasteiger partial charge on any atom is 0.119 e. The van der Waals surface area contributed by atoms with Gasteiger partial charge >= 0.3 is 0 Å². The predicted octanol–water partition coefficient (Wildman–Crippen LogP) is 5.30. The van der Waals surface area contributed by atoms with E-state index in [1.165, 1.54) is 0 Å². The summed E-state index contributed by atoms with van der Waals surface area (Å²) in [6.07, 6.45) is 3.83. The van der Waals surface area contributed by atoms with Crippen LogP contribution in [-0.4, -0.2) is 23.1 Å². The lowest BCUT2D eigenvalue weighted by Gasteiger charge is -2.03. The highest BCUT2D eigenvalue weighted by molar-refractivity contribution is 5.82. The van der Waals surface area contributed by atoms with E-state index in [0.717, 1.165) is 33.9 Å². The molecule has 0 saturated carbocycles. The predicted molar refractivity (Wildman–Crippen MR) is 109 cm³/mol. The molecule has 0 bridgehead atoms. The van der Waals surface area contributed by atoms with Gasteiger partial charge in [-0.05, 0) is 48.0 Å². The first-order valence-corrected chi connectivity index (χ1v) is 8.71. The van der Waals surface area contributed by atoms with Crippen LogP contribution in [0.4, 0.5) is 5.69 Å². The van der Waals surface area contributed by atoms with E-state index in [1.807, 2.05) is 89.9 Å². The summed E-state index contributed by atoms with van der Waals surface area (Å²) >= 11 is 0. The topological polar surface area (TPSA) is 39.4 Å². The van der Waals surface area contributed by atoms with Gasteiger partial charge in [0.05, 0.1) is 24.2 Å². The van der Waals surface area contributed by atoms with Crippen molar-refractivity contribution in [3.8, 4) is 22.7 Å². The molecule has 0 aliphatic heterocycles. The Hall–Kier alpha value is -3.66. The maximum atomic E-state index is 5.20. The molecule has 0 atom stereocenters. The van der Waals surface area contributed by atoms with Crippen molar-refractivity contribution in [1.82, 2.24) is 9.78 Å². The summed E-state index contributed by atoms with van der Waals surface area (Å²) < 4.78 is 7.06. The number of rotatable bonds is 5. The standard InChI is InChI=1S/C23H19N3O/c1-27-22-13-11-21(12-14-22)26-16-15-23(25-26)19-9-7-18(8-10-19)17-24-20-5-3-2-4-6-20/h2-17H,1H3. The Kier molecular flexibility index (Phi) is 4.79. The highest BCUT2D eigenvalue weighted by atomic mass is 16.5. The number of methoxy groups -OCH3 is 1. The van der Waals surface area contributed by atoms with Crippen molar-refractivity contribution < 1.29 is 4.74 Å². The van der Waals surface area contributed by atoms with Gasteiger partial charge in [0.25, 0.3) is 0 Å². The molecule has 0 N–H and O–H groups in total. The molecule has 0 unspecified atom stereocenters. The molecule has 132 valence electrons. The van der Waals surface area contributed by atoms with Crippen LogP contribution in [0.1, 0.15) is 5.56 Å². The number of para-hydroxylation sites is 1. The van der Waals surface area contributed by atoms with E-state index in [0.29, 0.717) is 0 Å². The van der Waals surface area contributed by atoms with Crippen LogP contribution in [0.2, 0.25) is 0 Å². The van der Waals surface area contributed by atoms with Crippen LogP contribution in [0.3, 0.4) is 0 Å². The molecule has 1 heterocycles. The molecule has 0 saturated heterocycles. The minimum atomic E-state index is 0.832. The third-order valence-corrected chi connectivity index (χ3v) is 4.25. The second-order valence-electron chi connectivity index (χ2n) is 6.06. The lowest BCUT2D eigenvalue weighted by atomic mass is 10.1. The zero-order valence-corrected chi connectivity index (χ0v) is 15.0. The smallest absolute Gasteiger partial charge is 0.119 e. The highest BCUT2D eigenvalue weighted by Gasteiger charge is 2.04. The van der Waals surface area contributed by atoms with Crippen molar-refractivity contribution >= 4 is 11.9 Å². The Balaban J connectivity index is 1.50. The van der Waals surface area contributed by atoms with E-state index in [9.17, 15) is 0 Å². The quantitative estimate of drug-likeness (QED) is 0.457. The average Bonchev–Trinajstić information content (AvgIpc) is 3.24. The van der Waals surface area contributed by atoms with Crippen LogP contribution in [0.5, 0.6) is 5.75 Å². The molecule has 4 heteroatoms. The van der Waals surface area contributed by atoms with Crippen molar-refractivity contribution in [3.05, 3.63) is 96.7 Å². The fraction of sp³-hybridized carbons (Fsp3) is 0.0435. The monoisotopic (exact) mass is 353 g/mol. The second kappa shape index (κ2) is 7.70. The normalized spacial score (nSPS) is 11.0. The van der Waals surface area contributed by atoms with Gasteiger partial charge < -0.3 is 4.74 Å². The van der Waals surface area contributed by atoms with Gasteiger partial charge in [-0.15, -0.1) is 0 Å². The summed E-state index contributed by atoms with van der Waals surface area (Å²) in [6, 6.07) is 28.0. The first-order chi connectivity index (χ1) is 13.3. The van der Waals surface area contributed by atoms with Crippen LogP contribution in [0.25, 0.3) is 16.9 Å². The van der Waals surface area contributed by atoms with Crippen LogP contribution >= 0.6 is 0 Å². The lowest BCUT2D eigenvalue weighted by Crippen LogP contribution is -1.95. The van der Waals surface area contributed by atoms with Gasteiger partial charge in [-0.2, -0.15) is 5.10 Å². The Morgan fingerprint density at radius 2 is 1.59 bits per heavy atom. The van der Waals surface area contributed by atoms with Crippen molar-refractivity contribution in [2.24, 2.45) is 4.99 Å². The molecular weight excluding hydrogens is 334 g/mol. The Morgan fingerprint density at radius 1 is 0.852 bits per heavy atom. The maximum absolute atomic E-state index is 5.20. The molecule has 4 rings (SSSR count). The third kappa shape index (κ3) is 3.96. The van der Waals surface area contributed by atoms with E-state index in [1.54, 1.807) is 7.11 Å². The van der Waals surface area contributed by atoms with Gasteiger partial charge in [-0.3, -0.25) is 4.99 Å². The summed E-state index contributed by atoms with van der Waals surface area (Å²) in [7, 11) is 1.66. The zero-order valence-electron chi connectivity index (χ0n) is 15.0. The molecule has 0 aliphatic carbocycles. The SMILES string of the molecule is COc1ccc(-n2ccc(-c3ccc(C=Nc4ccccc4)cc3)n2)cc1. The molecule has 0 fully saturated rings. The number of ether oxygens (including phenoxy) is 1. The number of hydrogen-bond donors (Lipinski definition) is 0. The molecule has 0 spiro atoms. The van der Waals surface area contributed by atoms with Crippen LogP contribution in [0, 0.1) is 0 Å². The molecule has 3 aromatic carbocycles. The summed E-state index contributed by atoms with van der Waals surface area (Å²) in [5.41, 5.74) is 4.99. The number of benzene rings is 3. The minimum Gasteiger partial charge on any atom is -0.497 e. The van der Waals surface area contributed by atoms with Gasteiger partial charge in [0.2, 0.25) is 0 Å². The third-order valence-electron chi connectivity index (χ3n) is 4.25. The molecular formula is C23H19N3O. The molecule has 1 aromatic heterocycles. The van der Waals surface area contributed by atoms with Gasteiger partial charge in [-0.25, -0.2) is 4.68 Å². The van der Waals surface area contributed by atoms with Crippen molar-refractivity contribution in [1.29, 1.82) is 0 Å². The number of aliphatic imine (C=N–C) groups is 1. The summed E-state index contributed by atoms with van der Waals surface area (Å²) in [6.45, 7) is 0. The van der Waals surface area contributed by atoms with Crippen molar-refractivity contribution in [2.45, 2.75) is 0 Å². The Labute approximate surface area is 158 Å². The molecule has 0 radical (unpaired) electrons. The fourth-order valence-electron chi connectivity index (χ4n) is 2.76. The van der Waals surface area contributed by atoms with E-state index < -0.39 is 0 Å². The Bertz CT molecular complexity index is 1030. The van der Waals surface area contributed by atoms with Crippen molar-refractivity contribution in [2.75, 3.05) is 7.11 Å². The first-order valence-electron chi connectivity index (χ1n) is 8.71. The molecule has 27 heavy (non-hydrogen) atoms. The van der Waals surface area contributed by atoms with Crippen LogP contribution < -0.4 is 4.74 Å². The fourth-order valence-corrected chi connectivity index (χ4v) is 2.76. The van der Waals surface area contributed by atoms with Crippen molar-refractivity contribution in [3.63, 3.8) is 0 Å². The largest absolute Gasteiger partial charge is 0.497 e. The number of nitrogens with zero attached hydrogens (tertiary/aromatic N) is 3.